The Kier molecular flexibility index (Phi) is 2.56. The average Bonchev–Trinajstić information content (AvgIpc) is 2.81. The van der Waals surface area contributed by atoms with Gasteiger partial charge in [0.15, 0.2) is 5.58 Å². The number of aromatic carboxylic acids is 1. The lowest BCUT2D eigenvalue weighted by Gasteiger charge is -1.99. The molecular formula is C15H10NO3-. The minimum Gasteiger partial charge on any atom is -0.545 e. The first-order valence-electron chi connectivity index (χ1n) is 5.82. The maximum atomic E-state index is 10.8. The van der Waals surface area contributed by atoms with Crippen molar-refractivity contribution in [3.63, 3.8) is 0 Å². The van der Waals surface area contributed by atoms with Crippen LogP contribution in [0.5, 0.6) is 0 Å². The van der Waals surface area contributed by atoms with Gasteiger partial charge in [0.05, 0.1) is 5.97 Å². The van der Waals surface area contributed by atoms with Crippen molar-refractivity contribution in [2.45, 2.75) is 6.92 Å². The third-order valence-corrected chi connectivity index (χ3v) is 2.89. The maximum absolute atomic E-state index is 10.8. The zero-order chi connectivity index (χ0) is 13.4. The van der Waals surface area contributed by atoms with Crippen LogP contribution in [-0.2, 0) is 0 Å². The van der Waals surface area contributed by atoms with Crippen molar-refractivity contribution in [1.29, 1.82) is 0 Å². The smallest absolute Gasteiger partial charge is 0.227 e. The minimum absolute atomic E-state index is 0.0941. The summed E-state index contributed by atoms with van der Waals surface area (Å²) >= 11 is 0. The van der Waals surface area contributed by atoms with Crippen LogP contribution >= 0.6 is 0 Å². The molecule has 0 N–H and O–H groups in total. The number of carbonyl (C=O) groups is 1. The summed E-state index contributed by atoms with van der Waals surface area (Å²) < 4.78 is 5.62. The first kappa shape index (κ1) is 11.5. The molecule has 4 nitrogen and oxygen atoms in total. The Bertz CT molecular complexity index is 774. The molecule has 3 aromatic rings. The van der Waals surface area contributed by atoms with Gasteiger partial charge in [-0.25, -0.2) is 4.98 Å². The van der Waals surface area contributed by atoms with E-state index in [1.807, 2.05) is 31.2 Å². The number of nitrogens with zero attached hydrogens (tertiary/aromatic N) is 1. The second-order valence-corrected chi connectivity index (χ2v) is 4.36. The average molecular weight is 252 g/mol. The summed E-state index contributed by atoms with van der Waals surface area (Å²) in [5, 5.41) is 10.8. The first-order chi connectivity index (χ1) is 9.13. The molecule has 0 amide bonds. The summed E-state index contributed by atoms with van der Waals surface area (Å²) in [5.74, 6) is -0.740. The molecule has 0 atom stereocenters. The Morgan fingerprint density at radius 3 is 2.79 bits per heavy atom. The molecule has 0 saturated heterocycles. The summed E-state index contributed by atoms with van der Waals surface area (Å²) in [6.07, 6.45) is 0. The van der Waals surface area contributed by atoms with Gasteiger partial charge < -0.3 is 14.3 Å². The quantitative estimate of drug-likeness (QED) is 0.701. The number of hydrogen-bond donors (Lipinski definition) is 0. The molecule has 0 saturated carbocycles. The number of carboxylic acid groups (broad SMARTS) is 1. The second kappa shape index (κ2) is 4.24. The Morgan fingerprint density at radius 2 is 2.05 bits per heavy atom. The summed E-state index contributed by atoms with van der Waals surface area (Å²) in [6.45, 7) is 1.99. The number of rotatable bonds is 2. The highest BCUT2D eigenvalue weighted by Crippen LogP contribution is 2.25. The number of carbonyl (C=O) groups excluding carboxylic acids is 1. The van der Waals surface area contributed by atoms with Crippen molar-refractivity contribution in [2.24, 2.45) is 0 Å². The number of carboxylic acids is 1. The van der Waals surface area contributed by atoms with Crippen LogP contribution < -0.4 is 5.11 Å². The van der Waals surface area contributed by atoms with Crippen LogP contribution in [0, 0.1) is 6.92 Å². The van der Waals surface area contributed by atoms with E-state index >= 15 is 0 Å². The standard InChI is InChI=1S/C15H11NO3/c1-9-3-2-4-10(7-9)14-16-12-8-11(15(17)18)5-6-13(12)19-14/h2-8H,1H3,(H,17,18)/p-1. The van der Waals surface area contributed by atoms with Gasteiger partial charge in [-0.1, -0.05) is 17.7 Å². The van der Waals surface area contributed by atoms with E-state index < -0.39 is 5.97 Å². The molecule has 0 aliphatic heterocycles. The van der Waals surface area contributed by atoms with Crippen molar-refractivity contribution >= 4 is 17.1 Å². The van der Waals surface area contributed by atoms with Gasteiger partial charge >= 0.3 is 0 Å². The van der Waals surface area contributed by atoms with Gasteiger partial charge in [0, 0.05) is 5.56 Å². The third-order valence-electron chi connectivity index (χ3n) is 2.89. The van der Waals surface area contributed by atoms with E-state index in [2.05, 4.69) is 4.98 Å². The van der Waals surface area contributed by atoms with Crippen LogP contribution in [0.15, 0.2) is 46.9 Å². The Balaban J connectivity index is 2.14. The molecule has 1 aromatic heterocycles. The number of benzene rings is 2. The molecule has 1 heterocycles. The van der Waals surface area contributed by atoms with Crippen LogP contribution in [-0.4, -0.2) is 11.0 Å². The van der Waals surface area contributed by atoms with Crippen molar-refractivity contribution in [1.82, 2.24) is 4.98 Å². The monoisotopic (exact) mass is 252 g/mol. The predicted octanol–water partition coefficient (Wildman–Crippen LogP) is 2.17. The fourth-order valence-corrected chi connectivity index (χ4v) is 1.96. The topological polar surface area (TPSA) is 66.2 Å². The lowest BCUT2D eigenvalue weighted by Crippen LogP contribution is -2.21. The molecule has 0 aliphatic rings. The Labute approximate surface area is 109 Å². The fraction of sp³-hybridized carbons (Fsp3) is 0.0667. The molecule has 4 heteroatoms. The van der Waals surface area contributed by atoms with Crippen LogP contribution in [0.1, 0.15) is 15.9 Å². The number of fused-ring (bicyclic) bond motifs is 1. The summed E-state index contributed by atoms with van der Waals surface area (Å²) in [4.78, 5) is 15.1. The number of aromatic nitrogens is 1. The Hall–Kier alpha value is -2.62. The van der Waals surface area contributed by atoms with Gasteiger partial charge in [0.25, 0.3) is 0 Å². The van der Waals surface area contributed by atoms with Crippen molar-refractivity contribution < 1.29 is 14.3 Å². The highest BCUT2D eigenvalue weighted by atomic mass is 16.4. The highest BCUT2D eigenvalue weighted by Gasteiger charge is 2.09. The second-order valence-electron chi connectivity index (χ2n) is 4.36. The number of hydrogen-bond acceptors (Lipinski definition) is 4. The third kappa shape index (κ3) is 2.08. The van der Waals surface area contributed by atoms with Crippen LogP contribution in [0.2, 0.25) is 0 Å². The maximum Gasteiger partial charge on any atom is 0.227 e. The van der Waals surface area contributed by atoms with E-state index in [1.165, 1.54) is 12.1 Å². The molecule has 0 unspecified atom stereocenters. The van der Waals surface area contributed by atoms with Gasteiger partial charge in [-0.2, -0.15) is 0 Å². The molecular weight excluding hydrogens is 242 g/mol. The SMILES string of the molecule is Cc1cccc(-c2nc3cc(C(=O)[O-])ccc3o2)c1. The summed E-state index contributed by atoms with van der Waals surface area (Å²) in [5.41, 5.74) is 3.14. The molecule has 3 rings (SSSR count). The van der Waals surface area contributed by atoms with Gasteiger partial charge in [0.1, 0.15) is 5.52 Å². The van der Waals surface area contributed by atoms with E-state index in [0.717, 1.165) is 11.1 Å². The van der Waals surface area contributed by atoms with Gasteiger partial charge in [-0.15, -0.1) is 0 Å². The van der Waals surface area contributed by atoms with Gasteiger partial charge in [-0.3, -0.25) is 0 Å². The van der Waals surface area contributed by atoms with Crippen molar-refractivity contribution in [2.75, 3.05) is 0 Å². The molecule has 0 spiro atoms. The number of aryl methyl sites for hydroxylation is 1. The van der Waals surface area contributed by atoms with E-state index in [-0.39, 0.29) is 5.56 Å². The zero-order valence-corrected chi connectivity index (χ0v) is 10.2. The lowest BCUT2D eigenvalue weighted by molar-refractivity contribution is -0.255. The fourth-order valence-electron chi connectivity index (χ4n) is 1.96. The van der Waals surface area contributed by atoms with E-state index in [4.69, 9.17) is 4.42 Å². The van der Waals surface area contributed by atoms with E-state index in [0.29, 0.717) is 17.0 Å². The van der Waals surface area contributed by atoms with Gasteiger partial charge in [0.2, 0.25) is 5.89 Å². The largest absolute Gasteiger partial charge is 0.545 e. The van der Waals surface area contributed by atoms with Crippen molar-refractivity contribution in [3.05, 3.63) is 53.6 Å². The molecule has 0 bridgehead atoms. The zero-order valence-electron chi connectivity index (χ0n) is 10.2. The predicted molar refractivity (Wildman–Crippen MR) is 68.5 cm³/mol. The molecule has 0 radical (unpaired) electrons. The Morgan fingerprint density at radius 1 is 1.21 bits per heavy atom. The number of oxazole rings is 1. The first-order valence-corrected chi connectivity index (χ1v) is 5.82. The van der Waals surface area contributed by atoms with Crippen LogP contribution in [0.25, 0.3) is 22.6 Å². The summed E-state index contributed by atoms with van der Waals surface area (Å²) in [7, 11) is 0. The molecule has 0 aliphatic carbocycles. The van der Waals surface area contributed by atoms with Crippen LogP contribution in [0.3, 0.4) is 0 Å². The lowest BCUT2D eigenvalue weighted by atomic mass is 10.1. The molecule has 2 aromatic carbocycles. The normalized spacial score (nSPS) is 10.8. The molecule has 0 fully saturated rings. The van der Waals surface area contributed by atoms with Gasteiger partial charge in [-0.05, 0) is 42.8 Å². The highest BCUT2D eigenvalue weighted by molar-refractivity contribution is 5.91. The van der Waals surface area contributed by atoms with Crippen LogP contribution in [0.4, 0.5) is 0 Å². The van der Waals surface area contributed by atoms with Crippen molar-refractivity contribution in [3.8, 4) is 11.5 Å². The summed E-state index contributed by atoms with van der Waals surface area (Å²) in [6, 6.07) is 12.3. The van der Waals surface area contributed by atoms with E-state index in [9.17, 15) is 9.90 Å². The molecule has 94 valence electrons. The van der Waals surface area contributed by atoms with E-state index in [1.54, 1.807) is 6.07 Å². The molecule has 19 heavy (non-hydrogen) atoms. The minimum atomic E-state index is -1.22.